The van der Waals surface area contributed by atoms with Gasteiger partial charge in [0.05, 0.1) is 11.4 Å². The number of ether oxygens (including phenoxy) is 1. The van der Waals surface area contributed by atoms with Gasteiger partial charge in [0.1, 0.15) is 11.6 Å². The van der Waals surface area contributed by atoms with Crippen LogP contribution in [-0.4, -0.2) is 38.4 Å². The lowest BCUT2D eigenvalue weighted by molar-refractivity contribution is -0.123. The van der Waals surface area contributed by atoms with Crippen molar-refractivity contribution in [2.24, 2.45) is 0 Å². The second-order valence-corrected chi connectivity index (χ2v) is 9.63. The number of hydrogen-bond acceptors (Lipinski definition) is 5. The standard InChI is InChI=1S/C29H31N5O3/c1-29(2,3)37-28(36)32-25(18-21-10-6-4-7-11-21)27(35)31-19-23-20-34(24-12-8-5-9-13-24)33-26(23)22-14-16-30-17-15-22/h4-17,20,25H,18-19H2,1-3H3,(H,31,35)(H,32,36)/t25-/m0/s1. The van der Waals surface area contributed by atoms with Gasteiger partial charge in [-0.15, -0.1) is 0 Å². The first-order chi connectivity index (χ1) is 17.8. The molecule has 0 spiro atoms. The van der Waals surface area contributed by atoms with Gasteiger partial charge < -0.3 is 15.4 Å². The van der Waals surface area contributed by atoms with E-state index < -0.39 is 17.7 Å². The molecule has 1 atom stereocenters. The van der Waals surface area contributed by atoms with Crippen molar-refractivity contribution >= 4 is 12.0 Å². The zero-order valence-electron chi connectivity index (χ0n) is 21.2. The molecule has 37 heavy (non-hydrogen) atoms. The Morgan fingerprint density at radius 2 is 1.59 bits per heavy atom. The van der Waals surface area contributed by atoms with E-state index in [0.29, 0.717) is 6.42 Å². The molecule has 4 rings (SSSR count). The molecule has 0 aliphatic heterocycles. The van der Waals surface area contributed by atoms with Gasteiger partial charge in [-0.1, -0.05) is 48.5 Å². The molecule has 8 nitrogen and oxygen atoms in total. The van der Waals surface area contributed by atoms with Crippen molar-refractivity contribution in [3.63, 3.8) is 0 Å². The molecule has 2 aromatic heterocycles. The van der Waals surface area contributed by atoms with Gasteiger partial charge in [0.15, 0.2) is 0 Å². The molecule has 0 bridgehead atoms. The van der Waals surface area contributed by atoms with Gasteiger partial charge in [-0.25, -0.2) is 9.48 Å². The molecule has 0 unspecified atom stereocenters. The van der Waals surface area contributed by atoms with Crippen molar-refractivity contribution in [1.29, 1.82) is 0 Å². The number of nitrogens with zero attached hydrogens (tertiary/aromatic N) is 3. The van der Waals surface area contributed by atoms with Gasteiger partial charge in [-0.3, -0.25) is 9.78 Å². The monoisotopic (exact) mass is 497 g/mol. The van der Waals surface area contributed by atoms with Gasteiger partial charge >= 0.3 is 6.09 Å². The third kappa shape index (κ3) is 7.27. The third-order valence-corrected chi connectivity index (χ3v) is 5.51. The molecular weight excluding hydrogens is 466 g/mol. The van der Waals surface area contributed by atoms with Crippen LogP contribution >= 0.6 is 0 Å². The van der Waals surface area contributed by atoms with Crippen molar-refractivity contribution in [2.45, 2.75) is 45.4 Å². The quantitative estimate of drug-likeness (QED) is 0.368. The SMILES string of the molecule is CC(C)(C)OC(=O)N[C@@H](Cc1ccccc1)C(=O)NCc1cn(-c2ccccc2)nc1-c1ccncc1. The van der Waals surface area contributed by atoms with E-state index in [1.807, 2.05) is 79.0 Å². The summed E-state index contributed by atoms with van der Waals surface area (Å²) in [5.74, 6) is -0.317. The highest BCUT2D eigenvalue weighted by Gasteiger charge is 2.25. The first kappa shape index (κ1) is 25.6. The van der Waals surface area contributed by atoms with Crippen LogP contribution in [0.25, 0.3) is 16.9 Å². The Hall–Kier alpha value is -4.46. The van der Waals surface area contributed by atoms with Crippen molar-refractivity contribution in [3.8, 4) is 16.9 Å². The summed E-state index contributed by atoms with van der Waals surface area (Å²) in [5, 5.41) is 10.5. The molecular formula is C29H31N5O3. The molecule has 2 heterocycles. The minimum Gasteiger partial charge on any atom is -0.444 e. The second-order valence-electron chi connectivity index (χ2n) is 9.63. The summed E-state index contributed by atoms with van der Waals surface area (Å²) in [5.41, 5.74) is 3.62. The summed E-state index contributed by atoms with van der Waals surface area (Å²) in [6, 6.07) is 22.3. The summed E-state index contributed by atoms with van der Waals surface area (Å²) in [6.07, 6.45) is 5.00. The van der Waals surface area contributed by atoms with Crippen molar-refractivity contribution < 1.29 is 14.3 Å². The van der Waals surface area contributed by atoms with E-state index in [0.717, 1.165) is 28.1 Å². The lowest BCUT2D eigenvalue weighted by atomic mass is 10.0. The summed E-state index contributed by atoms with van der Waals surface area (Å²) in [6.45, 7) is 5.57. The predicted octanol–water partition coefficient (Wildman–Crippen LogP) is 4.69. The summed E-state index contributed by atoms with van der Waals surface area (Å²) < 4.78 is 7.19. The van der Waals surface area contributed by atoms with Crippen LogP contribution in [0.1, 0.15) is 31.9 Å². The van der Waals surface area contributed by atoms with E-state index in [1.54, 1.807) is 37.8 Å². The number of hydrogen-bond donors (Lipinski definition) is 2. The third-order valence-electron chi connectivity index (χ3n) is 5.51. The highest BCUT2D eigenvalue weighted by molar-refractivity contribution is 5.86. The molecule has 2 amide bonds. The first-order valence-corrected chi connectivity index (χ1v) is 12.1. The molecule has 2 N–H and O–H groups in total. The largest absolute Gasteiger partial charge is 0.444 e. The van der Waals surface area contributed by atoms with Crippen molar-refractivity contribution in [3.05, 3.63) is 103 Å². The number of alkyl carbamates (subject to hydrolysis) is 1. The van der Waals surface area contributed by atoms with Crippen LogP contribution in [0, 0.1) is 0 Å². The molecule has 2 aromatic carbocycles. The minimum atomic E-state index is -0.814. The average molecular weight is 498 g/mol. The number of benzene rings is 2. The van der Waals surface area contributed by atoms with Gasteiger partial charge in [-0.2, -0.15) is 5.10 Å². The smallest absolute Gasteiger partial charge is 0.408 e. The van der Waals surface area contributed by atoms with Crippen LogP contribution < -0.4 is 10.6 Å². The van der Waals surface area contributed by atoms with E-state index in [4.69, 9.17) is 9.84 Å². The number of nitrogens with one attached hydrogen (secondary N) is 2. The molecule has 0 fully saturated rings. The van der Waals surface area contributed by atoms with Crippen LogP contribution in [0.2, 0.25) is 0 Å². The Morgan fingerprint density at radius 1 is 0.946 bits per heavy atom. The maximum absolute atomic E-state index is 13.3. The van der Waals surface area contributed by atoms with Gasteiger partial charge in [0.2, 0.25) is 5.91 Å². The Kier molecular flexibility index (Phi) is 7.98. The summed E-state index contributed by atoms with van der Waals surface area (Å²) in [4.78, 5) is 29.9. The molecule has 0 aliphatic carbocycles. The maximum atomic E-state index is 13.3. The molecule has 0 aliphatic rings. The Bertz CT molecular complexity index is 1320. The molecule has 4 aromatic rings. The van der Waals surface area contributed by atoms with E-state index in [2.05, 4.69) is 15.6 Å². The normalized spacial score (nSPS) is 12.0. The summed E-state index contributed by atoms with van der Waals surface area (Å²) >= 11 is 0. The van der Waals surface area contributed by atoms with Crippen LogP contribution in [-0.2, 0) is 22.5 Å². The van der Waals surface area contributed by atoms with Crippen LogP contribution in [0.15, 0.2) is 91.4 Å². The van der Waals surface area contributed by atoms with E-state index >= 15 is 0 Å². The van der Waals surface area contributed by atoms with Gasteiger partial charge in [-0.05, 0) is 50.6 Å². The molecule has 190 valence electrons. The maximum Gasteiger partial charge on any atom is 0.408 e. The highest BCUT2D eigenvalue weighted by atomic mass is 16.6. The topological polar surface area (TPSA) is 98.1 Å². The number of aromatic nitrogens is 3. The van der Waals surface area contributed by atoms with Gasteiger partial charge in [0.25, 0.3) is 0 Å². The molecule has 0 saturated carbocycles. The first-order valence-electron chi connectivity index (χ1n) is 12.1. The molecule has 8 heteroatoms. The highest BCUT2D eigenvalue weighted by Crippen LogP contribution is 2.23. The van der Waals surface area contributed by atoms with E-state index in [9.17, 15) is 9.59 Å². The number of pyridine rings is 1. The van der Waals surface area contributed by atoms with Crippen LogP contribution in [0.3, 0.4) is 0 Å². The predicted molar refractivity (Wildman–Crippen MR) is 142 cm³/mol. The minimum absolute atomic E-state index is 0.227. The Balaban J connectivity index is 1.55. The zero-order valence-corrected chi connectivity index (χ0v) is 21.2. The fraction of sp³-hybridized carbons (Fsp3) is 0.241. The number of amides is 2. The van der Waals surface area contributed by atoms with Crippen LogP contribution in [0.5, 0.6) is 0 Å². The Labute approximate surface area is 216 Å². The number of carbonyl (C=O) groups excluding carboxylic acids is 2. The van der Waals surface area contributed by atoms with Crippen molar-refractivity contribution in [1.82, 2.24) is 25.4 Å². The lowest BCUT2D eigenvalue weighted by Crippen LogP contribution is -2.49. The second kappa shape index (κ2) is 11.5. The molecule has 0 saturated heterocycles. The number of rotatable bonds is 8. The van der Waals surface area contributed by atoms with E-state index in [1.165, 1.54) is 0 Å². The van der Waals surface area contributed by atoms with E-state index in [-0.39, 0.29) is 12.5 Å². The Morgan fingerprint density at radius 3 is 2.24 bits per heavy atom. The van der Waals surface area contributed by atoms with Gasteiger partial charge in [0, 0.05) is 42.7 Å². The summed E-state index contributed by atoms with van der Waals surface area (Å²) in [7, 11) is 0. The molecule has 0 radical (unpaired) electrons. The number of carbonyl (C=O) groups is 2. The fourth-order valence-electron chi connectivity index (χ4n) is 3.82. The number of para-hydroxylation sites is 1. The fourth-order valence-corrected chi connectivity index (χ4v) is 3.82. The zero-order chi connectivity index (χ0) is 26.3. The van der Waals surface area contributed by atoms with Crippen LogP contribution in [0.4, 0.5) is 4.79 Å². The van der Waals surface area contributed by atoms with Crippen molar-refractivity contribution in [2.75, 3.05) is 0 Å². The average Bonchev–Trinajstić information content (AvgIpc) is 3.32. The lowest BCUT2D eigenvalue weighted by Gasteiger charge is -2.23.